The maximum Gasteiger partial charge on any atom is 0.326 e. The van der Waals surface area contributed by atoms with E-state index in [4.69, 9.17) is 16.3 Å². The van der Waals surface area contributed by atoms with Crippen molar-refractivity contribution in [1.29, 1.82) is 0 Å². The lowest BCUT2D eigenvalue weighted by Gasteiger charge is -2.12. The van der Waals surface area contributed by atoms with Crippen molar-refractivity contribution in [3.05, 3.63) is 29.3 Å². The molecule has 0 aliphatic rings. The molecule has 0 radical (unpaired) electrons. The van der Waals surface area contributed by atoms with Crippen molar-refractivity contribution in [1.82, 2.24) is 0 Å². The van der Waals surface area contributed by atoms with Crippen LogP contribution in [0.5, 0.6) is 5.75 Å². The van der Waals surface area contributed by atoms with E-state index >= 15 is 0 Å². The van der Waals surface area contributed by atoms with Crippen molar-refractivity contribution in [3.63, 3.8) is 0 Å². The molecule has 0 heterocycles. The van der Waals surface area contributed by atoms with Gasteiger partial charge in [0.25, 0.3) is 0 Å². The Morgan fingerprint density at radius 2 is 1.94 bits per heavy atom. The van der Waals surface area contributed by atoms with Crippen LogP contribution in [0.4, 0.5) is 0 Å². The molecule has 0 unspecified atom stereocenters. The third-order valence-corrected chi connectivity index (χ3v) is 2.34. The van der Waals surface area contributed by atoms with E-state index in [-0.39, 0.29) is 5.88 Å². The summed E-state index contributed by atoms with van der Waals surface area (Å²) >= 11 is 5.40. The van der Waals surface area contributed by atoms with Crippen LogP contribution in [0.15, 0.2) is 18.2 Å². The Balaban J connectivity index is 0.00000121. The number of halogens is 1. The molecule has 3 heteroatoms. The van der Waals surface area contributed by atoms with E-state index in [1.807, 2.05) is 39.0 Å². The summed E-state index contributed by atoms with van der Waals surface area (Å²) in [5.74, 6) is 0.411. The van der Waals surface area contributed by atoms with Crippen LogP contribution in [-0.4, -0.2) is 11.8 Å². The van der Waals surface area contributed by atoms with Crippen molar-refractivity contribution in [2.75, 3.05) is 5.88 Å². The van der Waals surface area contributed by atoms with E-state index in [1.165, 1.54) is 0 Å². The molecular weight excluding hydrogens is 236 g/mol. The molecule has 96 valence electrons. The molecule has 0 aliphatic carbocycles. The zero-order valence-corrected chi connectivity index (χ0v) is 12.0. The number of rotatable bonds is 3. The van der Waals surface area contributed by atoms with Crippen LogP contribution in [0.2, 0.25) is 0 Å². The number of carbonyl (C=O) groups excluding carboxylic acids is 1. The first kappa shape index (κ1) is 16.0. The van der Waals surface area contributed by atoms with Gasteiger partial charge in [0.1, 0.15) is 11.6 Å². The maximum absolute atomic E-state index is 11.1. The van der Waals surface area contributed by atoms with Gasteiger partial charge in [-0.05, 0) is 30.0 Å². The highest BCUT2D eigenvalue weighted by molar-refractivity contribution is 6.26. The fourth-order valence-electron chi connectivity index (χ4n) is 1.36. The van der Waals surface area contributed by atoms with Crippen LogP contribution >= 0.6 is 11.6 Å². The highest BCUT2D eigenvalue weighted by Gasteiger charge is 2.11. The van der Waals surface area contributed by atoms with E-state index in [2.05, 4.69) is 13.8 Å². The molecule has 0 saturated heterocycles. The standard InChI is InChI=1S/C12H15ClO2.C2H6/c1-8(2)10-5-4-9(3)6-11(10)15-12(14)7-13;1-2/h4-6,8H,7H2,1-3H3;1-2H3. The van der Waals surface area contributed by atoms with E-state index in [0.717, 1.165) is 11.1 Å². The van der Waals surface area contributed by atoms with Crippen LogP contribution in [0.25, 0.3) is 0 Å². The van der Waals surface area contributed by atoms with Crippen molar-refractivity contribution in [3.8, 4) is 5.75 Å². The fraction of sp³-hybridized carbons (Fsp3) is 0.500. The lowest BCUT2D eigenvalue weighted by atomic mass is 10.0. The number of hydrogen-bond acceptors (Lipinski definition) is 2. The first-order valence-electron chi connectivity index (χ1n) is 5.91. The van der Waals surface area contributed by atoms with Gasteiger partial charge in [-0.3, -0.25) is 4.79 Å². The van der Waals surface area contributed by atoms with Gasteiger partial charge in [-0.25, -0.2) is 0 Å². The summed E-state index contributed by atoms with van der Waals surface area (Å²) in [5, 5.41) is 0. The molecule has 0 fully saturated rings. The average molecular weight is 257 g/mol. The number of ether oxygens (including phenoxy) is 1. The summed E-state index contributed by atoms with van der Waals surface area (Å²) in [4.78, 5) is 11.1. The minimum absolute atomic E-state index is 0.120. The molecule has 17 heavy (non-hydrogen) atoms. The zero-order valence-electron chi connectivity index (χ0n) is 11.2. The quantitative estimate of drug-likeness (QED) is 0.458. The third kappa shape index (κ3) is 5.22. The van der Waals surface area contributed by atoms with Crippen molar-refractivity contribution in [2.24, 2.45) is 0 Å². The van der Waals surface area contributed by atoms with Gasteiger partial charge in [-0.2, -0.15) is 0 Å². The Hall–Kier alpha value is -1.02. The van der Waals surface area contributed by atoms with Gasteiger partial charge in [-0.15, -0.1) is 11.6 Å². The highest BCUT2D eigenvalue weighted by Crippen LogP contribution is 2.27. The van der Waals surface area contributed by atoms with Gasteiger partial charge in [0, 0.05) is 0 Å². The number of carbonyl (C=O) groups is 1. The predicted molar refractivity (Wildman–Crippen MR) is 73.0 cm³/mol. The lowest BCUT2D eigenvalue weighted by molar-refractivity contribution is -0.131. The molecule has 2 nitrogen and oxygen atoms in total. The molecule has 1 aromatic rings. The van der Waals surface area contributed by atoms with E-state index in [9.17, 15) is 4.79 Å². The summed E-state index contributed by atoms with van der Waals surface area (Å²) in [6, 6.07) is 5.85. The largest absolute Gasteiger partial charge is 0.425 e. The SMILES string of the molecule is CC.Cc1ccc(C(C)C)c(OC(=O)CCl)c1. The van der Waals surface area contributed by atoms with Gasteiger partial charge >= 0.3 is 5.97 Å². The summed E-state index contributed by atoms with van der Waals surface area (Å²) in [7, 11) is 0. The van der Waals surface area contributed by atoms with E-state index < -0.39 is 5.97 Å². The van der Waals surface area contributed by atoms with Crippen LogP contribution < -0.4 is 4.74 Å². The molecule has 1 aromatic carbocycles. The smallest absolute Gasteiger partial charge is 0.326 e. The summed E-state index contributed by atoms with van der Waals surface area (Å²) in [6.07, 6.45) is 0. The molecule has 0 amide bonds. The van der Waals surface area contributed by atoms with E-state index in [0.29, 0.717) is 11.7 Å². The summed E-state index contributed by atoms with van der Waals surface area (Å²) < 4.78 is 5.17. The number of alkyl halides is 1. The predicted octanol–water partition coefficient (Wildman–Crippen LogP) is 4.29. The molecule has 0 N–H and O–H groups in total. The second-order valence-electron chi connectivity index (χ2n) is 3.80. The second-order valence-corrected chi connectivity index (χ2v) is 4.07. The van der Waals surface area contributed by atoms with Crippen molar-refractivity contribution < 1.29 is 9.53 Å². The Kier molecular flexibility index (Phi) is 7.64. The van der Waals surface area contributed by atoms with E-state index in [1.54, 1.807) is 0 Å². The summed E-state index contributed by atoms with van der Waals surface area (Å²) in [5.41, 5.74) is 2.09. The number of benzene rings is 1. The topological polar surface area (TPSA) is 26.3 Å². The Bertz CT molecular complexity index is 359. The Morgan fingerprint density at radius 1 is 1.35 bits per heavy atom. The average Bonchev–Trinajstić information content (AvgIpc) is 2.31. The fourth-order valence-corrected chi connectivity index (χ4v) is 1.41. The minimum Gasteiger partial charge on any atom is -0.425 e. The molecular formula is C14H21ClO2. The van der Waals surface area contributed by atoms with Crippen LogP contribution in [0.3, 0.4) is 0 Å². The Morgan fingerprint density at radius 3 is 2.41 bits per heavy atom. The first-order chi connectivity index (χ1) is 8.04. The first-order valence-corrected chi connectivity index (χ1v) is 6.45. The minimum atomic E-state index is -0.413. The van der Waals surface area contributed by atoms with Crippen LogP contribution in [-0.2, 0) is 4.79 Å². The number of aryl methyl sites for hydroxylation is 1. The van der Waals surface area contributed by atoms with Gasteiger partial charge in [0.15, 0.2) is 0 Å². The molecule has 0 bridgehead atoms. The molecule has 0 spiro atoms. The van der Waals surface area contributed by atoms with Gasteiger partial charge < -0.3 is 4.74 Å². The third-order valence-electron chi connectivity index (χ3n) is 2.12. The van der Waals surface area contributed by atoms with Crippen LogP contribution in [0.1, 0.15) is 44.7 Å². The molecule has 0 aliphatic heterocycles. The second kappa shape index (κ2) is 8.13. The maximum atomic E-state index is 11.1. The zero-order chi connectivity index (χ0) is 13.4. The number of esters is 1. The molecule has 1 rings (SSSR count). The van der Waals surface area contributed by atoms with Crippen molar-refractivity contribution in [2.45, 2.75) is 40.5 Å². The molecule has 0 atom stereocenters. The van der Waals surface area contributed by atoms with Crippen LogP contribution in [0, 0.1) is 6.92 Å². The highest BCUT2D eigenvalue weighted by atomic mass is 35.5. The van der Waals surface area contributed by atoms with Gasteiger partial charge in [-0.1, -0.05) is 39.8 Å². The normalized spacial score (nSPS) is 9.59. The van der Waals surface area contributed by atoms with Gasteiger partial charge in [0.2, 0.25) is 0 Å². The molecule has 0 saturated carbocycles. The summed E-state index contributed by atoms with van der Waals surface area (Å²) in [6.45, 7) is 10.1. The van der Waals surface area contributed by atoms with Gasteiger partial charge in [0.05, 0.1) is 0 Å². The van der Waals surface area contributed by atoms with Crippen molar-refractivity contribution >= 4 is 17.6 Å². The molecule has 0 aromatic heterocycles. The lowest BCUT2D eigenvalue weighted by Crippen LogP contribution is -2.11. The monoisotopic (exact) mass is 256 g/mol. The Labute approximate surface area is 109 Å². The number of hydrogen-bond donors (Lipinski definition) is 0.